The summed E-state index contributed by atoms with van der Waals surface area (Å²) in [6.45, 7) is 2.01. The van der Waals surface area contributed by atoms with E-state index in [4.69, 9.17) is 4.74 Å². The topological polar surface area (TPSA) is 55.4 Å². The molecule has 0 saturated carbocycles. The lowest BCUT2D eigenvalue weighted by Crippen LogP contribution is -2.25. The van der Waals surface area contributed by atoms with Crippen molar-refractivity contribution in [3.63, 3.8) is 0 Å². The van der Waals surface area contributed by atoms with Crippen LogP contribution in [0.3, 0.4) is 0 Å². The second kappa shape index (κ2) is 5.40. The Hall–Kier alpha value is -2.62. The van der Waals surface area contributed by atoms with Crippen molar-refractivity contribution in [3.8, 4) is 5.75 Å². The fraction of sp³-hybridized carbons (Fsp3) is 0.176. The highest BCUT2D eigenvalue weighted by atomic mass is 16.5. The number of ether oxygens (including phenoxy) is 1. The van der Waals surface area contributed by atoms with Crippen molar-refractivity contribution in [3.05, 3.63) is 59.2 Å². The first-order chi connectivity index (χ1) is 10.1. The van der Waals surface area contributed by atoms with Gasteiger partial charge in [-0.3, -0.25) is 9.59 Å². The molecule has 106 valence electrons. The molecule has 4 heteroatoms. The zero-order valence-electron chi connectivity index (χ0n) is 11.7. The van der Waals surface area contributed by atoms with Gasteiger partial charge in [-0.05, 0) is 36.2 Å². The molecule has 1 aliphatic heterocycles. The largest absolute Gasteiger partial charge is 0.482 e. The van der Waals surface area contributed by atoms with Gasteiger partial charge in [0.15, 0.2) is 12.4 Å². The summed E-state index contributed by atoms with van der Waals surface area (Å²) in [5.41, 5.74) is 3.24. The highest BCUT2D eigenvalue weighted by Crippen LogP contribution is 2.29. The number of aryl methyl sites for hydroxylation is 1. The van der Waals surface area contributed by atoms with E-state index >= 15 is 0 Å². The van der Waals surface area contributed by atoms with Crippen molar-refractivity contribution < 1.29 is 14.3 Å². The zero-order chi connectivity index (χ0) is 14.8. The lowest BCUT2D eigenvalue weighted by atomic mass is 9.99. The van der Waals surface area contributed by atoms with Gasteiger partial charge < -0.3 is 10.1 Å². The second-order valence-corrected chi connectivity index (χ2v) is 5.07. The molecular weight excluding hydrogens is 266 g/mol. The van der Waals surface area contributed by atoms with Crippen LogP contribution in [-0.4, -0.2) is 18.3 Å². The van der Waals surface area contributed by atoms with Crippen LogP contribution >= 0.6 is 0 Å². The maximum atomic E-state index is 12.4. The Morgan fingerprint density at radius 2 is 2.05 bits per heavy atom. The van der Waals surface area contributed by atoms with Gasteiger partial charge >= 0.3 is 0 Å². The molecule has 21 heavy (non-hydrogen) atoms. The molecule has 0 aliphatic carbocycles. The quantitative estimate of drug-likeness (QED) is 0.880. The number of benzene rings is 2. The van der Waals surface area contributed by atoms with E-state index in [0.717, 1.165) is 11.1 Å². The van der Waals surface area contributed by atoms with E-state index in [1.54, 1.807) is 18.2 Å². The maximum absolute atomic E-state index is 12.4. The Labute approximate surface area is 122 Å². The number of carbonyl (C=O) groups excluding carboxylic acids is 2. The van der Waals surface area contributed by atoms with E-state index in [1.807, 2.05) is 31.2 Å². The average molecular weight is 281 g/mol. The molecule has 1 aliphatic rings. The molecule has 0 spiro atoms. The van der Waals surface area contributed by atoms with E-state index in [2.05, 4.69) is 5.32 Å². The Morgan fingerprint density at radius 3 is 2.86 bits per heavy atom. The maximum Gasteiger partial charge on any atom is 0.262 e. The molecule has 1 N–H and O–H groups in total. The number of amides is 1. The summed E-state index contributed by atoms with van der Waals surface area (Å²) >= 11 is 0. The number of ketones is 1. The van der Waals surface area contributed by atoms with E-state index in [0.29, 0.717) is 23.4 Å². The molecule has 0 radical (unpaired) electrons. The van der Waals surface area contributed by atoms with E-state index in [-0.39, 0.29) is 18.3 Å². The molecule has 0 bridgehead atoms. The van der Waals surface area contributed by atoms with Gasteiger partial charge in [0.2, 0.25) is 0 Å². The zero-order valence-corrected chi connectivity index (χ0v) is 11.7. The molecule has 0 fully saturated rings. The fourth-order valence-electron chi connectivity index (χ4n) is 2.34. The van der Waals surface area contributed by atoms with Gasteiger partial charge in [0, 0.05) is 12.0 Å². The number of Topliss-reactive ketones (excluding diaryl/α,β-unsaturated/α-hetero) is 1. The molecule has 2 aromatic carbocycles. The van der Waals surface area contributed by atoms with Gasteiger partial charge in [-0.25, -0.2) is 0 Å². The van der Waals surface area contributed by atoms with Crippen LogP contribution in [0.1, 0.15) is 21.5 Å². The Bertz CT molecular complexity index is 722. The minimum absolute atomic E-state index is 0.0174. The Balaban J connectivity index is 1.84. The summed E-state index contributed by atoms with van der Waals surface area (Å²) < 4.78 is 5.28. The first-order valence-electron chi connectivity index (χ1n) is 6.78. The number of hydrogen-bond donors (Lipinski definition) is 1. The van der Waals surface area contributed by atoms with Crippen LogP contribution in [0.5, 0.6) is 5.75 Å². The minimum atomic E-state index is -0.203. The first-order valence-corrected chi connectivity index (χ1v) is 6.78. The van der Waals surface area contributed by atoms with Gasteiger partial charge in [-0.15, -0.1) is 0 Å². The molecule has 0 unspecified atom stereocenters. The standard InChI is InChI=1S/C17H15NO3/c1-11-4-2-3-5-12(11)9-15(19)13-6-7-16-14(8-13)18-17(20)10-21-16/h2-8H,9-10H2,1H3,(H,18,20). The predicted octanol–water partition coefficient (Wildman–Crippen LogP) is 2.75. The molecule has 2 aromatic rings. The summed E-state index contributed by atoms with van der Waals surface area (Å²) in [6.07, 6.45) is 0.347. The third-order valence-corrected chi connectivity index (χ3v) is 3.55. The smallest absolute Gasteiger partial charge is 0.262 e. The van der Waals surface area contributed by atoms with Gasteiger partial charge in [0.1, 0.15) is 5.75 Å². The van der Waals surface area contributed by atoms with Gasteiger partial charge in [-0.1, -0.05) is 24.3 Å². The van der Waals surface area contributed by atoms with Crippen LogP contribution in [0.15, 0.2) is 42.5 Å². The third kappa shape index (κ3) is 2.79. The number of carbonyl (C=O) groups is 2. The van der Waals surface area contributed by atoms with Crippen molar-refractivity contribution in [1.82, 2.24) is 0 Å². The predicted molar refractivity (Wildman–Crippen MR) is 79.8 cm³/mol. The molecule has 1 heterocycles. The number of anilines is 1. The first kappa shape index (κ1) is 13.4. The van der Waals surface area contributed by atoms with E-state index in [1.165, 1.54) is 0 Å². The average Bonchev–Trinajstić information content (AvgIpc) is 2.48. The third-order valence-electron chi connectivity index (χ3n) is 3.55. The fourth-order valence-corrected chi connectivity index (χ4v) is 2.34. The summed E-state index contributed by atoms with van der Waals surface area (Å²) in [7, 11) is 0. The molecular formula is C17H15NO3. The summed E-state index contributed by atoms with van der Waals surface area (Å²) in [4.78, 5) is 23.7. The van der Waals surface area contributed by atoms with Crippen LogP contribution in [-0.2, 0) is 11.2 Å². The van der Waals surface area contributed by atoms with E-state index in [9.17, 15) is 9.59 Å². The van der Waals surface area contributed by atoms with Gasteiger partial charge in [-0.2, -0.15) is 0 Å². The van der Waals surface area contributed by atoms with Crippen molar-refractivity contribution in [2.24, 2.45) is 0 Å². The van der Waals surface area contributed by atoms with Crippen molar-refractivity contribution in [1.29, 1.82) is 0 Å². The Morgan fingerprint density at radius 1 is 1.24 bits per heavy atom. The second-order valence-electron chi connectivity index (χ2n) is 5.07. The van der Waals surface area contributed by atoms with Crippen molar-refractivity contribution >= 4 is 17.4 Å². The van der Waals surface area contributed by atoms with Crippen molar-refractivity contribution in [2.45, 2.75) is 13.3 Å². The van der Waals surface area contributed by atoms with Crippen molar-refractivity contribution in [2.75, 3.05) is 11.9 Å². The van der Waals surface area contributed by atoms with Crippen LogP contribution in [0.25, 0.3) is 0 Å². The van der Waals surface area contributed by atoms with Crippen LogP contribution in [0.2, 0.25) is 0 Å². The normalized spacial score (nSPS) is 13.1. The number of hydrogen-bond acceptors (Lipinski definition) is 3. The number of rotatable bonds is 3. The van der Waals surface area contributed by atoms with E-state index < -0.39 is 0 Å². The van der Waals surface area contributed by atoms with Crippen LogP contribution < -0.4 is 10.1 Å². The van der Waals surface area contributed by atoms with Gasteiger partial charge in [0.25, 0.3) is 5.91 Å². The molecule has 0 atom stereocenters. The summed E-state index contributed by atoms with van der Waals surface area (Å²) in [6, 6.07) is 13.0. The lowest BCUT2D eigenvalue weighted by molar-refractivity contribution is -0.118. The monoisotopic (exact) mass is 281 g/mol. The number of fused-ring (bicyclic) bond motifs is 1. The lowest BCUT2D eigenvalue weighted by Gasteiger charge is -2.18. The number of nitrogens with one attached hydrogen (secondary N) is 1. The minimum Gasteiger partial charge on any atom is -0.482 e. The molecule has 1 amide bonds. The SMILES string of the molecule is Cc1ccccc1CC(=O)c1ccc2c(c1)NC(=O)CO2. The van der Waals surface area contributed by atoms with Crippen LogP contribution in [0, 0.1) is 6.92 Å². The molecule has 0 aromatic heterocycles. The summed E-state index contributed by atoms with van der Waals surface area (Å²) in [5, 5.41) is 2.71. The highest BCUT2D eigenvalue weighted by Gasteiger charge is 2.18. The van der Waals surface area contributed by atoms with Gasteiger partial charge in [0.05, 0.1) is 5.69 Å². The van der Waals surface area contributed by atoms with Crippen LogP contribution in [0.4, 0.5) is 5.69 Å². The highest BCUT2D eigenvalue weighted by molar-refractivity contribution is 6.01. The molecule has 4 nitrogen and oxygen atoms in total. The Kier molecular flexibility index (Phi) is 3.44. The summed E-state index contributed by atoms with van der Waals surface area (Å²) in [5.74, 6) is 0.417. The molecule has 3 rings (SSSR count). The molecule has 0 saturated heterocycles.